The van der Waals surface area contributed by atoms with E-state index in [0.717, 1.165) is 0 Å². The van der Waals surface area contributed by atoms with Crippen LogP contribution in [0.4, 0.5) is 4.79 Å². The lowest BCUT2D eigenvalue weighted by Gasteiger charge is -2.35. The van der Waals surface area contributed by atoms with Gasteiger partial charge >= 0.3 is 6.09 Å². The summed E-state index contributed by atoms with van der Waals surface area (Å²) in [5.41, 5.74) is 0.785. The Bertz CT molecular complexity index is 292. The summed E-state index contributed by atoms with van der Waals surface area (Å²) < 4.78 is 5.22. The second-order valence-electron chi connectivity index (χ2n) is 4.57. The fraction of sp³-hybridized carbons (Fsp3) is 0.636. The van der Waals surface area contributed by atoms with Gasteiger partial charge in [0.05, 0.1) is 0 Å². The van der Waals surface area contributed by atoms with Crippen LogP contribution in [-0.2, 0) is 4.74 Å². The summed E-state index contributed by atoms with van der Waals surface area (Å²) >= 11 is 0. The van der Waals surface area contributed by atoms with Crippen molar-refractivity contribution in [2.75, 3.05) is 20.1 Å². The molecule has 0 unspecified atom stereocenters. The molecule has 0 aromatic heterocycles. The highest BCUT2D eigenvalue weighted by atomic mass is 16.6. The molecule has 84 valence electrons. The van der Waals surface area contributed by atoms with Gasteiger partial charge in [-0.15, -0.1) is 0 Å². The standard InChI is InChI=1S/C11H18N2O2/c1-11(2,3)15-10(14)13-7-9(8-13)5-6-12-4/h5-6H,7-8H2,1-4H3. The van der Waals surface area contributed by atoms with E-state index in [9.17, 15) is 4.79 Å². The van der Waals surface area contributed by atoms with E-state index in [0.29, 0.717) is 13.1 Å². The molecule has 0 spiro atoms. The van der Waals surface area contributed by atoms with Crippen LogP contribution in [0.25, 0.3) is 0 Å². The number of aliphatic imine (C=N–C) groups is 1. The molecule has 0 bridgehead atoms. The molecular weight excluding hydrogens is 192 g/mol. The van der Waals surface area contributed by atoms with Gasteiger partial charge in [-0.25, -0.2) is 4.79 Å². The number of carbonyl (C=O) groups is 1. The summed E-state index contributed by atoms with van der Waals surface area (Å²) in [7, 11) is 1.72. The molecule has 1 rings (SSSR count). The van der Waals surface area contributed by atoms with Crippen molar-refractivity contribution >= 4 is 12.3 Å². The van der Waals surface area contributed by atoms with Gasteiger partial charge in [0.2, 0.25) is 0 Å². The summed E-state index contributed by atoms with van der Waals surface area (Å²) in [6.07, 6.45) is 3.43. The average Bonchev–Trinajstić information content (AvgIpc) is 1.98. The van der Waals surface area contributed by atoms with Crippen LogP contribution in [0.1, 0.15) is 20.8 Å². The normalized spacial score (nSPS) is 16.5. The van der Waals surface area contributed by atoms with Crippen molar-refractivity contribution < 1.29 is 9.53 Å². The molecule has 0 aromatic rings. The van der Waals surface area contributed by atoms with E-state index in [1.165, 1.54) is 5.57 Å². The highest BCUT2D eigenvalue weighted by Gasteiger charge is 2.28. The molecule has 1 fully saturated rings. The third-order valence-corrected chi connectivity index (χ3v) is 1.90. The van der Waals surface area contributed by atoms with E-state index >= 15 is 0 Å². The maximum atomic E-state index is 11.5. The van der Waals surface area contributed by atoms with Gasteiger partial charge in [0.1, 0.15) is 5.60 Å². The molecule has 0 aliphatic carbocycles. The van der Waals surface area contributed by atoms with E-state index in [1.54, 1.807) is 18.2 Å². The molecule has 0 aromatic carbocycles. The topological polar surface area (TPSA) is 41.9 Å². The van der Waals surface area contributed by atoms with Gasteiger partial charge in [-0.1, -0.05) is 0 Å². The number of allylic oxidation sites excluding steroid dienone is 1. The monoisotopic (exact) mass is 210 g/mol. The summed E-state index contributed by atoms with van der Waals surface area (Å²) in [6, 6.07) is 0. The van der Waals surface area contributed by atoms with Crippen LogP contribution < -0.4 is 0 Å². The summed E-state index contributed by atoms with van der Waals surface area (Å²) in [5.74, 6) is 0. The van der Waals surface area contributed by atoms with Crippen molar-refractivity contribution in [3.05, 3.63) is 11.6 Å². The van der Waals surface area contributed by atoms with Gasteiger partial charge in [-0.2, -0.15) is 0 Å². The largest absolute Gasteiger partial charge is 0.444 e. The maximum Gasteiger partial charge on any atom is 0.410 e. The Morgan fingerprint density at radius 2 is 2.07 bits per heavy atom. The first-order valence-electron chi connectivity index (χ1n) is 5.00. The van der Waals surface area contributed by atoms with E-state index in [1.807, 2.05) is 26.8 Å². The van der Waals surface area contributed by atoms with Crippen LogP contribution in [0.15, 0.2) is 16.6 Å². The van der Waals surface area contributed by atoms with Crippen LogP contribution in [-0.4, -0.2) is 42.9 Å². The smallest absolute Gasteiger partial charge is 0.410 e. The molecule has 1 aliphatic heterocycles. The highest BCUT2D eigenvalue weighted by molar-refractivity contribution is 5.75. The number of amides is 1. The van der Waals surface area contributed by atoms with Crippen molar-refractivity contribution in [2.45, 2.75) is 26.4 Å². The third-order valence-electron chi connectivity index (χ3n) is 1.90. The van der Waals surface area contributed by atoms with Gasteiger partial charge in [-0.3, -0.25) is 4.99 Å². The van der Waals surface area contributed by atoms with Gasteiger partial charge in [-0.05, 0) is 32.4 Å². The van der Waals surface area contributed by atoms with E-state index in [2.05, 4.69) is 4.99 Å². The number of hydrogen-bond donors (Lipinski definition) is 0. The molecule has 0 saturated carbocycles. The summed E-state index contributed by atoms with van der Waals surface area (Å²) in [5, 5.41) is 0. The van der Waals surface area contributed by atoms with Crippen molar-refractivity contribution in [1.29, 1.82) is 0 Å². The lowest BCUT2D eigenvalue weighted by molar-refractivity contribution is 0.0214. The van der Waals surface area contributed by atoms with Crippen LogP contribution in [0.5, 0.6) is 0 Å². The van der Waals surface area contributed by atoms with Crippen molar-refractivity contribution in [1.82, 2.24) is 4.90 Å². The zero-order valence-electron chi connectivity index (χ0n) is 9.78. The lowest BCUT2D eigenvalue weighted by Crippen LogP contribution is -2.46. The van der Waals surface area contributed by atoms with E-state index < -0.39 is 5.60 Å². The summed E-state index contributed by atoms with van der Waals surface area (Å²) in [4.78, 5) is 17.0. The molecule has 4 heteroatoms. The summed E-state index contributed by atoms with van der Waals surface area (Å²) in [6.45, 7) is 6.91. The van der Waals surface area contributed by atoms with Gasteiger partial charge < -0.3 is 9.64 Å². The third kappa shape index (κ3) is 3.73. The Kier molecular flexibility index (Phi) is 3.50. The minimum Gasteiger partial charge on any atom is -0.444 e. The predicted octanol–water partition coefficient (Wildman–Crippen LogP) is 1.86. The Morgan fingerprint density at radius 3 is 2.53 bits per heavy atom. The minimum absolute atomic E-state index is 0.243. The Labute approximate surface area is 90.6 Å². The number of likely N-dealkylation sites (tertiary alicyclic amines) is 1. The first-order chi connectivity index (χ1) is 6.92. The van der Waals surface area contributed by atoms with Crippen LogP contribution >= 0.6 is 0 Å². The molecule has 4 nitrogen and oxygen atoms in total. The van der Waals surface area contributed by atoms with Crippen LogP contribution in [0.3, 0.4) is 0 Å². The van der Waals surface area contributed by atoms with Crippen LogP contribution in [0.2, 0.25) is 0 Å². The molecule has 1 aliphatic rings. The molecule has 15 heavy (non-hydrogen) atoms. The Balaban J connectivity index is 2.36. The van der Waals surface area contributed by atoms with Crippen molar-refractivity contribution in [2.24, 2.45) is 4.99 Å². The number of hydrogen-bond acceptors (Lipinski definition) is 3. The molecule has 1 amide bonds. The second kappa shape index (κ2) is 4.47. The van der Waals surface area contributed by atoms with Crippen molar-refractivity contribution in [3.8, 4) is 0 Å². The molecule has 0 atom stereocenters. The van der Waals surface area contributed by atoms with E-state index in [-0.39, 0.29) is 6.09 Å². The highest BCUT2D eigenvalue weighted by Crippen LogP contribution is 2.18. The average molecular weight is 210 g/mol. The second-order valence-corrected chi connectivity index (χ2v) is 4.57. The fourth-order valence-corrected chi connectivity index (χ4v) is 1.18. The minimum atomic E-state index is -0.415. The quantitative estimate of drug-likeness (QED) is 0.620. The molecule has 0 N–H and O–H groups in total. The number of carbonyl (C=O) groups excluding carboxylic acids is 1. The van der Waals surface area contributed by atoms with Gasteiger partial charge in [0.25, 0.3) is 0 Å². The first kappa shape index (κ1) is 11.8. The number of rotatable bonds is 1. The zero-order valence-corrected chi connectivity index (χ0v) is 9.78. The lowest BCUT2D eigenvalue weighted by atomic mass is 10.1. The molecule has 1 saturated heterocycles. The first-order valence-corrected chi connectivity index (χ1v) is 5.00. The van der Waals surface area contributed by atoms with Crippen molar-refractivity contribution in [3.63, 3.8) is 0 Å². The molecule has 1 heterocycles. The van der Waals surface area contributed by atoms with E-state index in [4.69, 9.17) is 4.74 Å². The number of nitrogens with zero attached hydrogens (tertiary/aromatic N) is 2. The molecule has 0 radical (unpaired) electrons. The Morgan fingerprint density at radius 1 is 1.47 bits per heavy atom. The SMILES string of the molecule is CN=CC=C1CN(C(=O)OC(C)(C)C)C1. The van der Waals surface area contributed by atoms with Crippen LogP contribution in [0, 0.1) is 0 Å². The Hall–Kier alpha value is -1.32. The fourth-order valence-electron chi connectivity index (χ4n) is 1.18. The van der Waals surface area contributed by atoms with Gasteiger partial charge in [0, 0.05) is 26.4 Å². The number of ether oxygens (including phenoxy) is 1. The predicted molar refractivity (Wildman–Crippen MR) is 60.3 cm³/mol. The maximum absolute atomic E-state index is 11.5. The molecular formula is C11H18N2O2. The van der Waals surface area contributed by atoms with Gasteiger partial charge in [0.15, 0.2) is 0 Å². The zero-order chi connectivity index (χ0) is 11.5.